The van der Waals surface area contributed by atoms with E-state index in [1.165, 1.54) is 360 Å². The van der Waals surface area contributed by atoms with E-state index < -0.39 is 0 Å². The molecule has 0 fully saturated rings. The van der Waals surface area contributed by atoms with Crippen molar-refractivity contribution in [1.29, 1.82) is 0 Å². The summed E-state index contributed by atoms with van der Waals surface area (Å²) in [5.41, 5.74) is 0. The third-order valence-corrected chi connectivity index (χ3v) is 18.4. The first kappa shape index (κ1) is 82.4. The highest BCUT2D eigenvalue weighted by atomic mass is 16.5. The van der Waals surface area contributed by atoms with Crippen molar-refractivity contribution in [3.05, 3.63) is 24.3 Å². The van der Waals surface area contributed by atoms with Crippen molar-refractivity contribution in [3.8, 4) is 0 Å². The molecule has 0 bridgehead atoms. The van der Waals surface area contributed by atoms with Crippen molar-refractivity contribution in [1.82, 2.24) is 0 Å². The smallest absolute Gasteiger partial charge is 0.305 e. The van der Waals surface area contributed by atoms with E-state index in [4.69, 9.17) is 9.47 Å². The summed E-state index contributed by atoms with van der Waals surface area (Å²) in [5, 5.41) is 0. The molecule has 0 spiro atoms. The molecule has 0 aromatic carbocycles. The van der Waals surface area contributed by atoms with Gasteiger partial charge in [0.15, 0.2) is 0 Å². The molecule has 0 unspecified atom stereocenters. The van der Waals surface area contributed by atoms with Gasteiger partial charge in [0, 0.05) is 12.8 Å². The minimum Gasteiger partial charge on any atom is -0.466 e. The van der Waals surface area contributed by atoms with E-state index in [1.807, 2.05) is 0 Å². The lowest BCUT2D eigenvalue weighted by molar-refractivity contribution is -0.144. The van der Waals surface area contributed by atoms with E-state index in [9.17, 15) is 9.59 Å². The van der Waals surface area contributed by atoms with Gasteiger partial charge in [-0.15, -0.1) is 0 Å². The maximum Gasteiger partial charge on any atom is 0.305 e. The minimum atomic E-state index is 0.0186. The normalized spacial score (nSPS) is 12.3. The fourth-order valence-electron chi connectivity index (χ4n) is 12.6. The van der Waals surface area contributed by atoms with E-state index in [-0.39, 0.29) is 11.9 Å². The van der Waals surface area contributed by atoms with Gasteiger partial charge in [0.25, 0.3) is 0 Å². The molecule has 0 amide bonds. The Hall–Kier alpha value is -1.58. The van der Waals surface area contributed by atoms with Gasteiger partial charge in [-0.3, -0.25) is 9.59 Å². The SMILES string of the molecule is CCCCCCCCCCCC(CCCCCCCCC=CCCCCCCCC(=O)OCCCCCCCCCCCCCC(C)C)CCCCCCCCC=CCCCCCCCC(=O)OCCCCCCCCCCCCCC(C)C. The van der Waals surface area contributed by atoms with Gasteiger partial charge in [-0.2, -0.15) is 0 Å². The van der Waals surface area contributed by atoms with Gasteiger partial charge in [-0.1, -0.05) is 380 Å². The highest BCUT2D eigenvalue weighted by Gasteiger charge is 2.10. The Bertz CT molecular complexity index is 1230. The van der Waals surface area contributed by atoms with Gasteiger partial charge < -0.3 is 9.47 Å². The first-order valence-corrected chi connectivity index (χ1v) is 39.0. The maximum absolute atomic E-state index is 12.2. The van der Waals surface area contributed by atoms with Crippen LogP contribution in [0.1, 0.15) is 446 Å². The van der Waals surface area contributed by atoms with Gasteiger partial charge in [0.2, 0.25) is 0 Å². The molecular weight excluding hydrogens is 1020 g/mol. The third-order valence-electron chi connectivity index (χ3n) is 18.4. The lowest BCUT2D eigenvalue weighted by Gasteiger charge is -2.17. The first-order chi connectivity index (χ1) is 41.3. The molecule has 0 saturated heterocycles. The minimum absolute atomic E-state index is 0.0186. The molecule has 0 radical (unpaired) electrons. The zero-order valence-corrected chi connectivity index (χ0v) is 58.3. The highest BCUT2D eigenvalue weighted by Crippen LogP contribution is 2.26. The monoisotopic (exact) mass is 1180 g/mol. The number of esters is 2. The molecule has 0 aliphatic carbocycles. The predicted molar refractivity (Wildman–Crippen MR) is 375 cm³/mol. The van der Waals surface area contributed by atoms with Crippen LogP contribution in [0.4, 0.5) is 0 Å². The summed E-state index contributed by atoms with van der Waals surface area (Å²) in [5.74, 6) is 2.73. The summed E-state index contributed by atoms with van der Waals surface area (Å²) in [6.45, 7) is 12.9. The Labute approximate surface area is 529 Å². The lowest BCUT2D eigenvalue weighted by Crippen LogP contribution is -2.05. The zero-order valence-electron chi connectivity index (χ0n) is 58.3. The van der Waals surface area contributed by atoms with Crippen LogP contribution in [0.25, 0.3) is 0 Å². The Morgan fingerprint density at radius 1 is 0.250 bits per heavy atom. The third kappa shape index (κ3) is 72.9. The summed E-state index contributed by atoms with van der Waals surface area (Å²) in [4.78, 5) is 24.3. The number of unbranched alkanes of at least 4 members (excludes halogenated alkanes) is 50. The summed E-state index contributed by atoms with van der Waals surface area (Å²) in [6.07, 6.45) is 94.4. The van der Waals surface area contributed by atoms with Crippen molar-refractivity contribution in [2.75, 3.05) is 13.2 Å². The summed E-state index contributed by atoms with van der Waals surface area (Å²) in [7, 11) is 0. The molecule has 0 heterocycles. The number of hydrogen-bond acceptors (Lipinski definition) is 4. The largest absolute Gasteiger partial charge is 0.466 e. The second-order valence-electron chi connectivity index (χ2n) is 28.0. The van der Waals surface area contributed by atoms with E-state index in [2.05, 4.69) is 58.9 Å². The Morgan fingerprint density at radius 2 is 0.452 bits per heavy atom. The number of allylic oxidation sites excluding steroid dienone is 4. The van der Waals surface area contributed by atoms with Crippen molar-refractivity contribution in [2.24, 2.45) is 17.8 Å². The van der Waals surface area contributed by atoms with E-state index in [1.54, 1.807) is 0 Å². The number of carbonyl (C=O) groups is 2. The molecule has 84 heavy (non-hydrogen) atoms. The number of ether oxygens (including phenoxy) is 2. The van der Waals surface area contributed by atoms with Crippen LogP contribution in [-0.4, -0.2) is 25.2 Å². The van der Waals surface area contributed by atoms with E-state index >= 15 is 0 Å². The quantitative estimate of drug-likeness (QED) is 0.0346. The van der Waals surface area contributed by atoms with Gasteiger partial charge >= 0.3 is 11.9 Å². The molecule has 0 rings (SSSR count). The molecule has 4 nitrogen and oxygen atoms in total. The second-order valence-corrected chi connectivity index (χ2v) is 28.0. The molecule has 0 saturated carbocycles. The second kappa shape index (κ2) is 72.2. The molecule has 498 valence electrons. The summed E-state index contributed by atoms with van der Waals surface area (Å²) >= 11 is 0. The number of rotatable bonds is 72. The lowest BCUT2D eigenvalue weighted by atomic mass is 9.89. The molecule has 0 aromatic heterocycles. The molecule has 0 aromatic rings. The van der Waals surface area contributed by atoms with E-state index in [0.717, 1.165) is 56.3 Å². The maximum atomic E-state index is 12.2. The Kier molecular flexibility index (Phi) is 70.8. The molecule has 0 aliphatic rings. The van der Waals surface area contributed by atoms with Crippen LogP contribution in [0.3, 0.4) is 0 Å². The van der Waals surface area contributed by atoms with E-state index in [0.29, 0.717) is 26.1 Å². The molecular formula is C80H154O4. The fraction of sp³-hybridized carbons (Fsp3) is 0.925. The van der Waals surface area contributed by atoms with Crippen molar-refractivity contribution >= 4 is 11.9 Å². The number of carbonyl (C=O) groups excluding carboxylic acids is 2. The molecule has 0 atom stereocenters. The standard InChI is InChI=1S/C80H154O4/c1-6-7-8-9-10-31-42-51-60-69-78(70-61-52-43-34-25-17-13-11-15-19-27-36-45-54-63-72-79(81)83-74-65-56-47-38-29-21-23-32-40-49-58-67-76(2)3)71-62-53-44-35-26-18-14-12-16-20-28-37-46-55-64-73-80(82)84-75-66-57-48-39-30-22-24-33-41-50-59-68-77(4)5/h11-12,15-16,76-78H,6-10,13-14,17-75H2,1-5H3. The fourth-order valence-corrected chi connectivity index (χ4v) is 12.6. The number of hydrogen-bond donors (Lipinski definition) is 0. The Balaban J connectivity index is 3.82. The first-order valence-electron chi connectivity index (χ1n) is 39.0. The van der Waals surface area contributed by atoms with Crippen LogP contribution in [0.15, 0.2) is 24.3 Å². The van der Waals surface area contributed by atoms with Crippen LogP contribution < -0.4 is 0 Å². The predicted octanol–water partition coefficient (Wildman–Crippen LogP) is 28.1. The van der Waals surface area contributed by atoms with Crippen molar-refractivity contribution < 1.29 is 19.1 Å². The molecule has 4 heteroatoms. The van der Waals surface area contributed by atoms with Gasteiger partial charge in [0.1, 0.15) is 0 Å². The summed E-state index contributed by atoms with van der Waals surface area (Å²) in [6, 6.07) is 0. The van der Waals surface area contributed by atoms with Gasteiger partial charge in [-0.05, 0) is 94.8 Å². The average Bonchev–Trinajstić information content (AvgIpc) is 3.48. The van der Waals surface area contributed by atoms with Crippen molar-refractivity contribution in [2.45, 2.75) is 446 Å². The van der Waals surface area contributed by atoms with Crippen LogP contribution in [-0.2, 0) is 19.1 Å². The van der Waals surface area contributed by atoms with Crippen LogP contribution in [0.5, 0.6) is 0 Å². The summed E-state index contributed by atoms with van der Waals surface area (Å²) < 4.78 is 11.0. The van der Waals surface area contributed by atoms with Crippen molar-refractivity contribution in [3.63, 3.8) is 0 Å². The van der Waals surface area contributed by atoms with Crippen LogP contribution in [0, 0.1) is 17.8 Å². The highest BCUT2D eigenvalue weighted by molar-refractivity contribution is 5.69. The Morgan fingerprint density at radius 3 is 0.702 bits per heavy atom. The zero-order chi connectivity index (χ0) is 60.8. The van der Waals surface area contributed by atoms with Gasteiger partial charge in [0.05, 0.1) is 13.2 Å². The molecule has 0 aliphatic heterocycles. The van der Waals surface area contributed by atoms with Crippen LogP contribution >= 0.6 is 0 Å². The van der Waals surface area contributed by atoms with Crippen LogP contribution in [0.2, 0.25) is 0 Å². The topological polar surface area (TPSA) is 52.6 Å². The average molecular weight is 1180 g/mol. The molecule has 0 N–H and O–H groups in total. The van der Waals surface area contributed by atoms with Gasteiger partial charge in [-0.25, -0.2) is 0 Å².